The fraction of sp³-hybridized carbons (Fsp3) is 0.625. The van der Waals surface area contributed by atoms with Crippen LogP contribution in [-0.4, -0.2) is 46.6 Å². The first kappa shape index (κ1) is 18.4. The van der Waals surface area contributed by atoms with Gasteiger partial charge in [0.25, 0.3) is 0 Å². The van der Waals surface area contributed by atoms with Crippen molar-refractivity contribution in [1.29, 1.82) is 0 Å². The summed E-state index contributed by atoms with van der Waals surface area (Å²) < 4.78 is 16.3. The molecule has 1 aromatic carbocycles. The lowest BCUT2D eigenvalue weighted by molar-refractivity contribution is 0.0232. The predicted molar refractivity (Wildman–Crippen MR) is 86.0 cm³/mol. The smallest absolute Gasteiger partial charge is 0.0963 e. The maximum Gasteiger partial charge on any atom is 0.0963 e. The van der Waals surface area contributed by atoms with E-state index in [2.05, 4.69) is 12.2 Å². The Kier molecular flexibility index (Phi) is 10.5. The van der Waals surface area contributed by atoms with Crippen molar-refractivity contribution in [3.63, 3.8) is 0 Å². The van der Waals surface area contributed by atoms with E-state index in [4.69, 9.17) is 25.8 Å². The molecule has 0 saturated heterocycles. The Hall–Kier alpha value is -0.650. The normalized spacial score (nSPS) is 12.5. The summed E-state index contributed by atoms with van der Waals surface area (Å²) in [5.41, 5.74) is 1.03. The molecule has 0 amide bonds. The van der Waals surface area contributed by atoms with Gasteiger partial charge in [-0.3, -0.25) is 0 Å². The molecule has 0 bridgehead atoms. The summed E-state index contributed by atoms with van der Waals surface area (Å²) in [5, 5.41) is 4.06. The highest BCUT2D eigenvalue weighted by molar-refractivity contribution is 6.31. The van der Waals surface area contributed by atoms with Gasteiger partial charge in [0.1, 0.15) is 0 Å². The summed E-state index contributed by atoms with van der Waals surface area (Å²) in [6.07, 6.45) is 0.828. The number of nitrogens with one attached hydrogen (secondary N) is 1. The number of hydrogen-bond acceptors (Lipinski definition) is 4. The van der Waals surface area contributed by atoms with Crippen LogP contribution in [0.5, 0.6) is 0 Å². The third kappa shape index (κ3) is 7.79. The molecule has 1 unspecified atom stereocenters. The second-order valence-electron chi connectivity index (χ2n) is 4.65. The van der Waals surface area contributed by atoms with E-state index in [1.807, 2.05) is 24.3 Å². The van der Waals surface area contributed by atoms with E-state index in [9.17, 15) is 0 Å². The molecule has 1 aromatic rings. The van der Waals surface area contributed by atoms with Gasteiger partial charge in [-0.15, -0.1) is 0 Å². The lowest BCUT2D eigenvalue weighted by Crippen LogP contribution is -2.24. The van der Waals surface area contributed by atoms with Crippen LogP contribution < -0.4 is 5.32 Å². The number of ether oxygens (including phenoxy) is 3. The molecule has 0 aromatic heterocycles. The number of methoxy groups -OCH3 is 1. The highest BCUT2D eigenvalue weighted by atomic mass is 35.5. The summed E-state index contributed by atoms with van der Waals surface area (Å²) in [7, 11) is 1.67. The van der Waals surface area contributed by atoms with Gasteiger partial charge >= 0.3 is 0 Å². The van der Waals surface area contributed by atoms with Gasteiger partial charge in [0.2, 0.25) is 0 Å². The molecular formula is C16H26ClNO3. The van der Waals surface area contributed by atoms with Gasteiger partial charge in [0, 0.05) is 37.5 Å². The van der Waals surface area contributed by atoms with E-state index in [1.54, 1.807) is 7.11 Å². The molecule has 0 aliphatic rings. The molecule has 4 nitrogen and oxygen atoms in total. The van der Waals surface area contributed by atoms with Crippen molar-refractivity contribution < 1.29 is 14.2 Å². The van der Waals surface area contributed by atoms with Crippen LogP contribution in [0.25, 0.3) is 0 Å². The molecule has 1 N–H and O–H groups in total. The highest BCUT2D eigenvalue weighted by Gasteiger charge is 2.14. The SMILES string of the molecule is CCNCC(OCCCOCCOC)c1ccccc1Cl. The summed E-state index contributed by atoms with van der Waals surface area (Å²) in [6.45, 7) is 6.32. The molecule has 0 aliphatic carbocycles. The lowest BCUT2D eigenvalue weighted by atomic mass is 10.1. The van der Waals surface area contributed by atoms with Crippen molar-refractivity contribution in [3.8, 4) is 0 Å². The van der Waals surface area contributed by atoms with E-state index >= 15 is 0 Å². The second kappa shape index (κ2) is 12.0. The number of halogens is 1. The second-order valence-corrected chi connectivity index (χ2v) is 5.05. The van der Waals surface area contributed by atoms with Gasteiger partial charge in [-0.1, -0.05) is 36.7 Å². The first-order chi connectivity index (χ1) is 10.3. The Balaban J connectivity index is 2.35. The number of rotatable bonds is 12. The number of likely N-dealkylation sites (N-methyl/N-ethyl adjacent to an activating group) is 1. The molecule has 0 aliphatic heterocycles. The summed E-state index contributed by atoms with van der Waals surface area (Å²) in [5.74, 6) is 0. The molecule has 1 rings (SSSR count). The van der Waals surface area contributed by atoms with Crippen molar-refractivity contribution in [2.45, 2.75) is 19.4 Å². The van der Waals surface area contributed by atoms with E-state index in [0.29, 0.717) is 26.4 Å². The molecule has 0 spiro atoms. The molecule has 5 heteroatoms. The highest BCUT2D eigenvalue weighted by Crippen LogP contribution is 2.25. The first-order valence-electron chi connectivity index (χ1n) is 7.43. The molecule has 0 radical (unpaired) electrons. The minimum absolute atomic E-state index is 0.0300. The molecule has 1 atom stereocenters. The Morgan fingerprint density at radius 2 is 1.95 bits per heavy atom. The number of hydrogen-bond donors (Lipinski definition) is 1. The van der Waals surface area contributed by atoms with Gasteiger partial charge < -0.3 is 19.5 Å². The fourth-order valence-electron chi connectivity index (χ4n) is 1.90. The van der Waals surface area contributed by atoms with Gasteiger partial charge in [-0.25, -0.2) is 0 Å². The van der Waals surface area contributed by atoms with Crippen LogP contribution >= 0.6 is 11.6 Å². The average molecular weight is 316 g/mol. The molecular weight excluding hydrogens is 290 g/mol. The zero-order chi connectivity index (χ0) is 15.3. The maximum absolute atomic E-state index is 6.25. The van der Waals surface area contributed by atoms with Gasteiger partial charge in [0.05, 0.1) is 19.3 Å². The summed E-state index contributed by atoms with van der Waals surface area (Å²) in [4.78, 5) is 0. The fourth-order valence-corrected chi connectivity index (χ4v) is 2.16. The molecule has 0 heterocycles. The molecule has 120 valence electrons. The van der Waals surface area contributed by atoms with Gasteiger partial charge in [0.15, 0.2) is 0 Å². The van der Waals surface area contributed by atoms with Crippen molar-refractivity contribution in [3.05, 3.63) is 34.9 Å². The molecule has 21 heavy (non-hydrogen) atoms. The van der Waals surface area contributed by atoms with Crippen LogP contribution in [0.2, 0.25) is 5.02 Å². The Labute approximate surface area is 132 Å². The van der Waals surface area contributed by atoms with Crippen molar-refractivity contribution in [2.75, 3.05) is 46.6 Å². The van der Waals surface area contributed by atoms with Crippen LogP contribution in [0, 0.1) is 0 Å². The molecule has 0 saturated carbocycles. The Morgan fingerprint density at radius 3 is 2.67 bits per heavy atom. The van der Waals surface area contributed by atoms with E-state index < -0.39 is 0 Å². The standard InChI is InChI=1S/C16H26ClNO3/c1-3-18-13-16(14-7-4-5-8-15(14)17)21-10-6-9-20-12-11-19-2/h4-5,7-8,16,18H,3,6,9-13H2,1-2H3. The zero-order valence-corrected chi connectivity index (χ0v) is 13.7. The van der Waals surface area contributed by atoms with Crippen LogP contribution in [0.15, 0.2) is 24.3 Å². The lowest BCUT2D eigenvalue weighted by Gasteiger charge is -2.20. The predicted octanol–water partition coefficient (Wildman–Crippen LogP) is 3.06. The van der Waals surface area contributed by atoms with Gasteiger partial charge in [-0.05, 0) is 19.0 Å². The third-order valence-corrected chi connectivity index (χ3v) is 3.36. The van der Waals surface area contributed by atoms with Gasteiger partial charge in [-0.2, -0.15) is 0 Å². The van der Waals surface area contributed by atoms with E-state index in [-0.39, 0.29) is 6.10 Å². The van der Waals surface area contributed by atoms with Crippen LogP contribution in [0.1, 0.15) is 25.0 Å². The van der Waals surface area contributed by atoms with Crippen molar-refractivity contribution in [2.24, 2.45) is 0 Å². The average Bonchev–Trinajstić information content (AvgIpc) is 2.50. The minimum atomic E-state index is -0.0300. The number of benzene rings is 1. The Morgan fingerprint density at radius 1 is 1.14 bits per heavy atom. The topological polar surface area (TPSA) is 39.7 Å². The largest absolute Gasteiger partial charge is 0.382 e. The monoisotopic (exact) mass is 315 g/mol. The van der Waals surface area contributed by atoms with Crippen molar-refractivity contribution in [1.82, 2.24) is 5.32 Å². The van der Waals surface area contributed by atoms with Crippen LogP contribution in [-0.2, 0) is 14.2 Å². The molecule has 0 fully saturated rings. The minimum Gasteiger partial charge on any atom is -0.382 e. The van der Waals surface area contributed by atoms with Crippen LogP contribution in [0.3, 0.4) is 0 Å². The van der Waals surface area contributed by atoms with E-state index in [1.165, 1.54) is 0 Å². The summed E-state index contributed by atoms with van der Waals surface area (Å²) in [6, 6.07) is 7.82. The van der Waals surface area contributed by atoms with Crippen molar-refractivity contribution >= 4 is 11.6 Å². The van der Waals surface area contributed by atoms with E-state index in [0.717, 1.165) is 30.1 Å². The third-order valence-electron chi connectivity index (χ3n) is 3.02. The maximum atomic E-state index is 6.25. The quantitative estimate of drug-likeness (QED) is 0.602. The Bertz CT molecular complexity index is 376. The first-order valence-corrected chi connectivity index (χ1v) is 7.80. The summed E-state index contributed by atoms with van der Waals surface area (Å²) >= 11 is 6.25. The van der Waals surface area contributed by atoms with Crippen LogP contribution in [0.4, 0.5) is 0 Å². The zero-order valence-electron chi connectivity index (χ0n) is 12.9.